The number of ether oxygens (including phenoxy) is 2. The van der Waals surface area contributed by atoms with E-state index in [1.54, 1.807) is 55.0 Å². The molecule has 234 valence electrons. The fourth-order valence-corrected chi connectivity index (χ4v) is 6.62. The number of benzene rings is 4. The van der Waals surface area contributed by atoms with Crippen LogP contribution < -0.4 is 10.1 Å². The molecule has 45 heavy (non-hydrogen) atoms. The SMILES string of the molecule is CS(=O)c1ccc(C(NC(=O)OCC2c3ccccc3-c3ccccc32)c2ccc(S(C)=O)cc2OCCCCC(=O)O)cc1. The fraction of sp³-hybridized carbons (Fsp3) is 0.257. The number of nitrogens with one attached hydrogen (secondary N) is 1. The van der Waals surface area contributed by atoms with Crippen molar-refractivity contribution in [1.29, 1.82) is 0 Å². The zero-order valence-electron chi connectivity index (χ0n) is 25.1. The summed E-state index contributed by atoms with van der Waals surface area (Å²) in [5, 5.41) is 12.0. The highest BCUT2D eigenvalue weighted by Crippen LogP contribution is 2.44. The molecule has 10 heteroatoms. The summed E-state index contributed by atoms with van der Waals surface area (Å²) < 4.78 is 36.4. The number of amides is 1. The van der Waals surface area contributed by atoms with E-state index in [9.17, 15) is 18.0 Å². The molecule has 1 aliphatic carbocycles. The number of unbranched alkanes of at least 4 members (excludes halogenated alkanes) is 1. The topological polar surface area (TPSA) is 119 Å². The van der Waals surface area contributed by atoms with Gasteiger partial charge in [-0.3, -0.25) is 13.2 Å². The van der Waals surface area contributed by atoms with Crippen molar-refractivity contribution in [2.45, 2.75) is 41.0 Å². The minimum atomic E-state index is -1.28. The number of carbonyl (C=O) groups is 2. The van der Waals surface area contributed by atoms with Gasteiger partial charge in [-0.25, -0.2) is 4.79 Å². The fourth-order valence-electron chi connectivity index (χ4n) is 5.57. The number of aliphatic carboxylic acids is 1. The summed E-state index contributed by atoms with van der Waals surface area (Å²) in [6, 6.07) is 27.8. The van der Waals surface area contributed by atoms with Crippen LogP contribution in [0.3, 0.4) is 0 Å². The maximum Gasteiger partial charge on any atom is 0.407 e. The molecular weight excluding hydrogens is 611 g/mol. The lowest BCUT2D eigenvalue weighted by molar-refractivity contribution is -0.137. The molecule has 8 nitrogen and oxygen atoms in total. The van der Waals surface area contributed by atoms with Gasteiger partial charge in [0.1, 0.15) is 12.4 Å². The third kappa shape index (κ3) is 7.69. The highest BCUT2D eigenvalue weighted by atomic mass is 32.2. The molecular formula is C35H35NO7S2. The largest absolute Gasteiger partial charge is 0.493 e. The normalized spacial score (nSPS) is 14.1. The molecule has 4 aromatic rings. The first-order valence-electron chi connectivity index (χ1n) is 14.6. The first-order valence-corrected chi connectivity index (χ1v) is 17.7. The van der Waals surface area contributed by atoms with Crippen LogP contribution in [0.25, 0.3) is 11.1 Å². The summed E-state index contributed by atoms with van der Waals surface area (Å²) >= 11 is 0. The molecule has 2 N–H and O–H groups in total. The third-order valence-electron chi connectivity index (χ3n) is 7.82. The van der Waals surface area contributed by atoms with Crippen LogP contribution in [-0.4, -0.2) is 51.3 Å². The van der Waals surface area contributed by atoms with E-state index in [0.717, 1.165) is 22.3 Å². The molecule has 1 aliphatic rings. The van der Waals surface area contributed by atoms with Crippen molar-refractivity contribution in [3.8, 4) is 16.9 Å². The van der Waals surface area contributed by atoms with Crippen LogP contribution in [0, 0.1) is 0 Å². The number of rotatable bonds is 13. The van der Waals surface area contributed by atoms with E-state index in [1.165, 1.54) is 0 Å². The smallest absolute Gasteiger partial charge is 0.407 e. The third-order valence-corrected chi connectivity index (χ3v) is 9.68. The minimum absolute atomic E-state index is 0.0341. The lowest BCUT2D eigenvalue weighted by Gasteiger charge is -2.24. The maximum atomic E-state index is 13.5. The summed E-state index contributed by atoms with van der Waals surface area (Å²) in [5.41, 5.74) is 5.79. The molecule has 0 aliphatic heterocycles. The van der Waals surface area contributed by atoms with Crippen LogP contribution in [0.4, 0.5) is 4.79 Å². The predicted octanol–water partition coefficient (Wildman–Crippen LogP) is 6.42. The van der Waals surface area contributed by atoms with Gasteiger partial charge < -0.3 is 19.9 Å². The zero-order valence-corrected chi connectivity index (χ0v) is 26.7. The van der Waals surface area contributed by atoms with Crippen LogP contribution in [0.15, 0.2) is 101 Å². The Morgan fingerprint density at radius 1 is 0.822 bits per heavy atom. The minimum Gasteiger partial charge on any atom is -0.493 e. The average Bonchev–Trinajstić information content (AvgIpc) is 3.36. The second-order valence-corrected chi connectivity index (χ2v) is 13.5. The summed E-state index contributed by atoms with van der Waals surface area (Å²) in [7, 11) is -2.47. The van der Waals surface area contributed by atoms with Crippen molar-refractivity contribution in [2.75, 3.05) is 25.7 Å². The van der Waals surface area contributed by atoms with Crippen molar-refractivity contribution in [1.82, 2.24) is 5.32 Å². The zero-order chi connectivity index (χ0) is 31.9. The number of hydrogen-bond acceptors (Lipinski definition) is 6. The Kier molecular flexibility index (Phi) is 10.5. The van der Waals surface area contributed by atoms with Crippen LogP contribution in [0.1, 0.15) is 53.5 Å². The molecule has 3 atom stereocenters. The van der Waals surface area contributed by atoms with E-state index in [-0.39, 0.29) is 25.6 Å². The number of carboxylic acids is 1. The Morgan fingerprint density at radius 3 is 2.02 bits per heavy atom. The van der Waals surface area contributed by atoms with Crippen molar-refractivity contribution in [3.05, 3.63) is 113 Å². The van der Waals surface area contributed by atoms with E-state index < -0.39 is 39.7 Å². The number of hydrogen-bond donors (Lipinski definition) is 2. The van der Waals surface area contributed by atoms with Gasteiger partial charge in [0, 0.05) is 61.8 Å². The van der Waals surface area contributed by atoms with Gasteiger partial charge in [0.25, 0.3) is 0 Å². The van der Waals surface area contributed by atoms with Crippen LogP contribution >= 0.6 is 0 Å². The monoisotopic (exact) mass is 645 g/mol. The van der Waals surface area contributed by atoms with Gasteiger partial charge in [0.2, 0.25) is 0 Å². The van der Waals surface area contributed by atoms with Gasteiger partial charge in [-0.2, -0.15) is 0 Å². The molecule has 0 saturated heterocycles. The summed E-state index contributed by atoms with van der Waals surface area (Å²) in [6.45, 7) is 0.381. The highest BCUT2D eigenvalue weighted by Gasteiger charge is 2.30. The first-order chi connectivity index (χ1) is 21.7. The lowest BCUT2D eigenvalue weighted by Crippen LogP contribution is -2.31. The Balaban J connectivity index is 1.41. The van der Waals surface area contributed by atoms with E-state index in [1.807, 2.05) is 24.3 Å². The number of alkyl carbamates (subject to hydrolysis) is 1. The van der Waals surface area contributed by atoms with Crippen molar-refractivity contribution in [3.63, 3.8) is 0 Å². The van der Waals surface area contributed by atoms with Gasteiger partial charge in [-0.1, -0.05) is 66.7 Å². The second kappa shape index (κ2) is 14.7. The Labute approximate surface area is 267 Å². The molecule has 0 bridgehead atoms. The molecule has 4 aromatic carbocycles. The van der Waals surface area contributed by atoms with Crippen molar-refractivity contribution >= 4 is 33.7 Å². The van der Waals surface area contributed by atoms with E-state index in [4.69, 9.17) is 14.6 Å². The van der Waals surface area contributed by atoms with Crippen molar-refractivity contribution in [2.24, 2.45) is 0 Å². The molecule has 1 amide bonds. The summed E-state index contributed by atoms with van der Waals surface area (Å²) in [5.74, 6) is -0.558. The van der Waals surface area contributed by atoms with E-state index in [0.29, 0.717) is 39.5 Å². The van der Waals surface area contributed by atoms with Crippen LogP contribution in [-0.2, 0) is 31.1 Å². The van der Waals surface area contributed by atoms with E-state index >= 15 is 0 Å². The summed E-state index contributed by atoms with van der Waals surface area (Å²) in [6.07, 6.45) is 3.53. The molecule has 0 saturated carbocycles. The Morgan fingerprint density at radius 2 is 1.42 bits per heavy atom. The Bertz CT molecular complexity index is 1690. The molecule has 0 aromatic heterocycles. The van der Waals surface area contributed by atoms with Crippen molar-refractivity contribution < 1.29 is 32.6 Å². The van der Waals surface area contributed by atoms with E-state index in [2.05, 4.69) is 29.6 Å². The molecule has 3 unspecified atom stereocenters. The quantitative estimate of drug-likeness (QED) is 0.161. The van der Waals surface area contributed by atoms with Gasteiger partial charge in [-0.05, 0) is 64.9 Å². The number of carboxylic acid groups (broad SMARTS) is 1. The molecule has 0 fully saturated rings. The van der Waals surface area contributed by atoms with Gasteiger partial charge in [0.05, 0.1) is 12.6 Å². The number of carbonyl (C=O) groups excluding carboxylic acids is 1. The first kappa shape index (κ1) is 32.1. The Hall–Kier alpha value is -4.28. The molecule has 5 rings (SSSR count). The number of fused-ring (bicyclic) bond motifs is 3. The second-order valence-electron chi connectivity index (χ2n) is 10.8. The highest BCUT2D eigenvalue weighted by molar-refractivity contribution is 7.84. The van der Waals surface area contributed by atoms with Crippen LogP contribution in [0.2, 0.25) is 0 Å². The molecule has 0 spiro atoms. The van der Waals surface area contributed by atoms with Gasteiger partial charge >= 0.3 is 12.1 Å². The van der Waals surface area contributed by atoms with Gasteiger partial charge in [0.15, 0.2) is 0 Å². The maximum absolute atomic E-state index is 13.5. The predicted molar refractivity (Wildman–Crippen MR) is 175 cm³/mol. The molecule has 0 heterocycles. The average molecular weight is 646 g/mol. The standard InChI is InChI=1S/C35H35NO7S2/c1-44(40)24-16-14-23(15-17-24)34(30-19-18-25(45(2)41)21-32(30)42-20-8-7-13-33(37)38)36-35(39)43-22-31-28-11-5-3-9-26(28)27-10-4-6-12-29(27)31/h3-6,9-12,14-19,21,31,34H,7-8,13,20,22H2,1-2H3,(H,36,39)(H,37,38). The van der Waals surface area contributed by atoms with Crippen LogP contribution in [0.5, 0.6) is 5.75 Å². The van der Waals surface area contributed by atoms with Gasteiger partial charge in [-0.15, -0.1) is 0 Å². The molecule has 0 radical (unpaired) electrons. The lowest BCUT2D eigenvalue weighted by atomic mass is 9.97. The summed E-state index contributed by atoms with van der Waals surface area (Å²) in [4.78, 5) is 25.6.